The molecule has 0 aliphatic carbocycles. The molecule has 150 valence electrons. The predicted octanol–water partition coefficient (Wildman–Crippen LogP) is 5.05. The highest BCUT2D eigenvalue weighted by Crippen LogP contribution is 2.32. The van der Waals surface area contributed by atoms with Gasteiger partial charge in [0.15, 0.2) is 11.5 Å². The summed E-state index contributed by atoms with van der Waals surface area (Å²) in [6.07, 6.45) is 5.04. The Morgan fingerprint density at radius 3 is 2.67 bits per heavy atom. The maximum atomic E-state index is 12.7. The monoisotopic (exact) mass is 417 g/mol. The Hall–Kier alpha value is -3.71. The van der Waals surface area contributed by atoms with Gasteiger partial charge in [-0.1, -0.05) is 36.4 Å². The zero-order valence-corrected chi connectivity index (χ0v) is 17.1. The normalized spacial score (nSPS) is 10.4. The fourth-order valence-corrected chi connectivity index (χ4v) is 3.61. The maximum absolute atomic E-state index is 12.7. The van der Waals surface area contributed by atoms with Crippen molar-refractivity contribution < 1.29 is 14.3 Å². The third-order valence-corrected chi connectivity index (χ3v) is 5.33. The number of carbonyl (C=O) groups is 1. The molecule has 30 heavy (non-hydrogen) atoms. The van der Waals surface area contributed by atoms with Gasteiger partial charge in [-0.15, -0.1) is 11.3 Å². The molecule has 1 amide bonds. The zero-order chi connectivity index (χ0) is 20.8. The first kappa shape index (κ1) is 19.6. The van der Waals surface area contributed by atoms with Crippen molar-refractivity contribution in [3.8, 4) is 22.1 Å². The van der Waals surface area contributed by atoms with Gasteiger partial charge in [0.05, 0.1) is 13.3 Å². The summed E-state index contributed by atoms with van der Waals surface area (Å²) >= 11 is 1.35. The van der Waals surface area contributed by atoms with E-state index in [1.54, 1.807) is 43.9 Å². The number of nitrogens with one attached hydrogen (secondary N) is 1. The number of methoxy groups -OCH3 is 1. The summed E-state index contributed by atoms with van der Waals surface area (Å²) in [6.45, 7) is 0.344. The molecule has 0 spiro atoms. The Bertz CT molecular complexity index is 1130. The Labute approximate surface area is 178 Å². The van der Waals surface area contributed by atoms with Crippen molar-refractivity contribution in [1.82, 2.24) is 9.97 Å². The van der Waals surface area contributed by atoms with Crippen LogP contribution in [0.15, 0.2) is 79.3 Å². The van der Waals surface area contributed by atoms with Crippen molar-refractivity contribution in [2.75, 3.05) is 12.4 Å². The molecule has 0 saturated carbocycles. The SMILES string of the molecule is COc1ccc(NC(=O)c2cnc(-c3ccccc3)s2)cc1OCc1cccnc1. The largest absolute Gasteiger partial charge is 0.493 e. The molecule has 0 saturated heterocycles. The van der Waals surface area contributed by atoms with Crippen LogP contribution in [-0.2, 0) is 6.61 Å². The minimum absolute atomic E-state index is 0.224. The molecule has 2 aromatic carbocycles. The quantitative estimate of drug-likeness (QED) is 0.456. The van der Waals surface area contributed by atoms with Crippen molar-refractivity contribution in [3.05, 3.63) is 89.7 Å². The zero-order valence-electron chi connectivity index (χ0n) is 16.2. The van der Waals surface area contributed by atoms with Gasteiger partial charge in [0.2, 0.25) is 0 Å². The minimum Gasteiger partial charge on any atom is -0.493 e. The number of amides is 1. The van der Waals surface area contributed by atoms with Gasteiger partial charge in [-0.25, -0.2) is 4.98 Å². The van der Waals surface area contributed by atoms with Gasteiger partial charge in [-0.05, 0) is 18.2 Å². The standard InChI is InChI=1S/C23H19N3O3S/c1-28-19-10-9-18(12-20(19)29-15-16-6-5-11-24-13-16)26-22(27)21-14-25-23(30-21)17-7-3-2-4-8-17/h2-14H,15H2,1H3,(H,26,27). The molecule has 0 unspecified atom stereocenters. The Kier molecular flexibility index (Phi) is 6.01. The molecule has 0 bridgehead atoms. The lowest BCUT2D eigenvalue weighted by atomic mass is 10.2. The number of hydrogen-bond acceptors (Lipinski definition) is 6. The van der Waals surface area contributed by atoms with E-state index >= 15 is 0 Å². The molecule has 2 aromatic heterocycles. The lowest BCUT2D eigenvalue weighted by molar-refractivity contribution is 0.103. The Balaban J connectivity index is 1.47. The summed E-state index contributed by atoms with van der Waals surface area (Å²) in [5, 5.41) is 3.70. The first-order valence-corrected chi connectivity index (χ1v) is 10.1. The van der Waals surface area contributed by atoms with Crippen LogP contribution in [-0.4, -0.2) is 23.0 Å². The molecule has 4 aromatic rings. The van der Waals surface area contributed by atoms with Crippen molar-refractivity contribution in [3.63, 3.8) is 0 Å². The van der Waals surface area contributed by atoms with Crippen LogP contribution in [0, 0.1) is 0 Å². The summed E-state index contributed by atoms with van der Waals surface area (Å²) in [6, 6.07) is 18.8. The van der Waals surface area contributed by atoms with Crippen LogP contribution in [0.3, 0.4) is 0 Å². The highest BCUT2D eigenvalue weighted by atomic mass is 32.1. The first-order valence-electron chi connectivity index (χ1n) is 9.25. The van der Waals surface area contributed by atoms with Gasteiger partial charge in [0.25, 0.3) is 5.91 Å². The van der Waals surface area contributed by atoms with E-state index in [9.17, 15) is 4.79 Å². The third kappa shape index (κ3) is 4.64. The van der Waals surface area contributed by atoms with E-state index in [0.29, 0.717) is 28.7 Å². The number of rotatable bonds is 7. The molecule has 2 heterocycles. The van der Waals surface area contributed by atoms with Crippen LogP contribution in [0.25, 0.3) is 10.6 Å². The highest BCUT2D eigenvalue weighted by Gasteiger charge is 2.14. The van der Waals surface area contributed by atoms with Crippen LogP contribution in [0.1, 0.15) is 15.2 Å². The molecule has 6 nitrogen and oxygen atoms in total. The first-order chi connectivity index (χ1) is 14.7. The summed E-state index contributed by atoms with van der Waals surface area (Å²) < 4.78 is 11.2. The van der Waals surface area contributed by atoms with Gasteiger partial charge in [-0.2, -0.15) is 0 Å². The second-order valence-corrected chi connectivity index (χ2v) is 7.40. The summed E-state index contributed by atoms with van der Waals surface area (Å²) in [4.78, 5) is 21.7. The maximum Gasteiger partial charge on any atom is 0.267 e. The van der Waals surface area contributed by atoms with Crippen LogP contribution in [0.2, 0.25) is 0 Å². The lowest BCUT2D eigenvalue weighted by Crippen LogP contribution is -2.10. The lowest BCUT2D eigenvalue weighted by Gasteiger charge is -2.12. The molecule has 0 radical (unpaired) electrons. The van der Waals surface area contributed by atoms with Gasteiger partial charge in [-0.3, -0.25) is 9.78 Å². The number of pyridine rings is 1. The van der Waals surface area contributed by atoms with Crippen molar-refractivity contribution in [2.45, 2.75) is 6.61 Å². The molecule has 0 aliphatic rings. The molecule has 0 fully saturated rings. The highest BCUT2D eigenvalue weighted by molar-refractivity contribution is 7.17. The van der Waals surface area contributed by atoms with E-state index in [1.165, 1.54) is 11.3 Å². The minimum atomic E-state index is -0.224. The number of ether oxygens (including phenoxy) is 2. The summed E-state index contributed by atoms with van der Waals surface area (Å²) in [5.74, 6) is 0.896. The molecule has 0 aliphatic heterocycles. The van der Waals surface area contributed by atoms with E-state index in [-0.39, 0.29) is 5.91 Å². The van der Waals surface area contributed by atoms with Crippen LogP contribution in [0.4, 0.5) is 5.69 Å². The van der Waals surface area contributed by atoms with Gasteiger partial charge in [0, 0.05) is 35.3 Å². The smallest absolute Gasteiger partial charge is 0.267 e. The van der Waals surface area contributed by atoms with Crippen molar-refractivity contribution >= 4 is 22.9 Å². The van der Waals surface area contributed by atoms with Gasteiger partial charge < -0.3 is 14.8 Å². The van der Waals surface area contributed by atoms with E-state index in [0.717, 1.165) is 16.1 Å². The second-order valence-electron chi connectivity index (χ2n) is 6.37. The fourth-order valence-electron chi connectivity index (χ4n) is 2.80. The molecule has 0 atom stereocenters. The fraction of sp³-hybridized carbons (Fsp3) is 0.0870. The van der Waals surface area contributed by atoms with E-state index in [2.05, 4.69) is 15.3 Å². The number of aromatic nitrogens is 2. The van der Waals surface area contributed by atoms with Gasteiger partial charge in [0.1, 0.15) is 16.5 Å². The average molecular weight is 417 g/mol. The average Bonchev–Trinajstić information content (AvgIpc) is 3.30. The summed E-state index contributed by atoms with van der Waals surface area (Å²) in [5.41, 5.74) is 2.53. The number of benzene rings is 2. The molecule has 7 heteroatoms. The van der Waals surface area contributed by atoms with Crippen LogP contribution >= 0.6 is 11.3 Å². The predicted molar refractivity (Wildman–Crippen MR) is 117 cm³/mol. The Morgan fingerprint density at radius 1 is 1.03 bits per heavy atom. The number of carbonyl (C=O) groups excluding carboxylic acids is 1. The Morgan fingerprint density at radius 2 is 1.90 bits per heavy atom. The molecular formula is C23H19N3O3S. The molecular weight excluding hydrogens is 398 g/mol. The van der Waals surface area contributed by atoms with E-state index < -0.39 is 0 Å². The van der Waals surface area contributed by atoms with Crippen molar-refractivity contribution in [1.29, 1.82) is 0 Å². The van der Waals surface area contributed by atoms with E-state index in [4.69, 9.17) is 9.47 Å². The van der Waals surface area contributed by atoms with Crippen LogP contribution < -0.4 is 14.8 Å². The molecule has 4 rings (SSSR count). The van der Waals surface area contributed by atoms with Gasteiger partial charge >= 0.3 is 0 Å². The van der Waals surface area contributed by atoms with E-state index in [1.807, 2.05) is 42.5 Å². The second kappa shape index (κ2) is 9.19. The number of anilines is 1. The number of thiazole rings is 1. The third-order valence-electron chi connectivity index (χ3n) is 4.29. The topological polar surface area (TPSA) is 73.3 Å². The number of hydrogen-bond donors (Lipinski definition) is 1. The van der Waals surface area contributed by atoms with Crippen molar-refractivity contribution in [2.24, 2.45) is 0 Å². The number of nitrogens with zero attached hydrogens (tertiary/aromatic N) is 2. The summed E-state index contributed by atoms with van der Waals surface area (Å²) in [7, 11) is 1.58. The van der Waals surface area contributed by atoms with Crippen LogP contribution in [0.5, 0.6) is 11.5 Å². The molecule has 1 N–H and O–H groups in total.